The first-order valence-electron chi connectivity index (χ1n) is 1.91. The van der Waals surface area contributed by atoms with Crippen LogP contribution in [0.2, 0.25) is 0 Å². The van der Waals surface area contributed by atoms with E-state index >= 15 is 0 Å². The van der Waals surface area contributed by atoms with Crippen LogP contribution in [-0.2, 0) is 0 Å². The van der Waals surface area contributed by atoms with Crippen LogP contribution < -0.4 is 0 Å². The Morgan fingerprint density at radius 3 is 1.00 bits per heavy atom. The molecule has 2 nitrogen and oxygen atoms in total. The maximum Gasteiger partial charge on any atom is -0.0564 e. The molecule has 0 aliphatic heterocycles. The van der Waals surface area contributed by atoms with Gasteiger partial charge in [-0.15, -0.1) is 0 Å². The normalized spacial score (nSPS) is 5.00. The van der Waals surface area contributed by atoms with Crippen molar-refractivity contribution in [1.29, 1.82) is 0 Å². The molecule has 0 amide bonds. The van der Waals surface area contributed by atoms with Crippen LogP contribution in [0.25, 0.3) is 0 Å². The second-order valence-corrected chi connectivity index (χ2v) is 1.000. The SMILES string of the molecule is CCCC.O.O. The van der Waals surface area contributed by atoms with Gasteiger partial charge in [0.1, 0.15) is 0 Å². The average molecular weight is 94.2 g/mol. The Bertz CT molecular complexity index is 7.51. The highest BCUT2D eigenvalue weighted by Crippen LogP contribution is 1.76. The summed E-state index contributed by atoms with van der Waals surface area (Å²) in [4.78, 5) is 0. The molecule has 0 aliphatic rings. The third-order valence-electron chi connectivity index (χ3n) is 0.500. The average Bonchev–Trinajstić information content (AvgIpc) is 1.37. The predicted octanol–water partition coefficient (Wildman–Crippen LogP) is 0.157. The van der Waals surface area contributed by atoms with E-state index < -0.39 is 0 Å². The molecule has 0 fully saturated rings. The summed E-state index contributed by atoms with van der Waals surface area (Å²) >= 11 is 0. The largest absolute Gasteiger partial charge is 0.412 e. The zero-order valence-corrected chi connectivity index (χ0v) is 4.41. The van der Waals surface area contributed by atoms with E-state index in [1.807, 2.05) is 0 Å². The fourth-order valence-electron chi connectivity index (χ4n) is 0. The fourth-order valence-corrected chi connectivity index (χ4v) is 0. The quantitative estimate of drug-likeness (QED) is 0.444. The Balaban J connectivity index is -0.0000000450. The van der Waals surface area contributed by atoms with Crippen LogP contribution in [0.1, 0.15) is 26.7 Å². The Morgan fingerprint density at radius 1 is 0.833 bits per heavy atom. The van der Waals surface area contributed by atoms with Crippen LogP contribution in [0.5, 0.6) is 0 Å². The van der Waals surface area contributed by atoms with E-state index in [-0.39, 0.29) is 11.0 Å². The molecule has 0 bridgehead atoms. The predicted molar refractivity (Wildman–Crippen MR) is 27.8 cm³/mol. The molecule has 0 atom stereocenters. The number of hydrogen-bond acceptors (Lipinski definition) is 0. The van der Waals surface area contributed by atoms with Crippen LogP contribution in [0.4, 0.5) is 0 Å². The summed E-state index contributed by atoms with van der Waals surface area (Å²) in [5, 5.41) is 0. The summed E-state index contributed by atoms with van der Waals surface area (Å²) in [5.74, 6) is 0. The lowest BCUT2D eigenvalue weighted by molar-refractivity contribution is 0.823. The van der Waals surface area contributed by atoms with Crippen LogP contribution in [0, 0.1) is 0 Å². The highest BCUT2D eigenvalue weighted by molar-refractivity contribution is 4.12. The summed E-state index contributed by atoms with van der Waals surface area (Å²) < 4.78 is 0. The number of rotatable bonds is 1. The van der Waals surface area contributed by atoms with E-state index in [0.29, 0.717) is 0 Å². The molecule has 0 aromatic heterocycles. The minimum atomic E-state index is 0. The van der Waals surface area contributed by atoms with Gasteiger partial charge in [-0.1, -0.05) is 26.7 Å². The third-order valence-corrected chi connectivity index (χ3v) is 0.500. The van der Waals surface area contributed by atoms with Crippen LogP contribution in [0.3, 0.4) is 0 Å². The lowest BCUT2D eigenvalue weighted by Gasteiger charge is -1.68. The molecule has 42 valence electrons. The van der Waals surface area contributed by atoms with Crippen molar-refractivity contribution in [2.24, 2.45) is 0 Å². The van der Waals surface area contributed by atoms with Gasteiger partial charge < -0.3 is 11.0 Å². The van der Waals surface area contributed by atoms with Gasteiger partial charge in [-0.05, 0) is 0 Å². The van der Waals surface area contributed by atoms with Crippen molar-refractivity contribution in [3.8, 4) is 0 Å². The summed E-state index contributed by atoms with van der Waals surface area (Å²) in [7, 11) is 0. The van der Waals surface area contributed by atoms with Crippen LogP contribution in [-0.4, -0.2) is 11.0 Å². The number of hydrogen-bond donors (Lipinski definition) is 0. The van der Waals surface area contributed by atoms with E-state index in [1.165, 1.54) is 12.8 Å². The van der Waals surface area contributed by atoms with Crippen LogP contribution >= 0.6 is 0 Å². The molecular formula is C4H14O2. The zero-order chi connectivity index (χ0) is 3.41. The van der Waals surface area contributed by atoms with Gasteiger partial charge in [0.15, 0.2) is 0 Å². The highest BCUT2D eigenvalue weighted by Gasteiger charge is 1.56. The summed E-state index contributed by atoms with van der Waals surface area (Å²) in [6, 6.07) is 0. The van der Waals surface area contributed by atoms with E-state index in [4.69, 9.17) is 0 Å². The maximum atomic E-state index is 2.18. The minimum Gasteiger partial charge on any atom is -0.412 e. The first-order chi connectivity index (χ1) is 1.91. The van der Waals surface area contributed by atoms with Gasteiger partial charge in [0.2, 0.25) is 0 Å². The Hall–Kier alpha value is -0.0800. The topological polar surface area (TPSA) is 63.0 Å². The minimum absolute atomic E-state index is 0. The molecule has 0 saturated carbocycles. The van der Waals surface area contributed by atoms with Crippen molar-refractivity contribution in [3.63, 3.8) is 0 Å². The van der Waals surface area contributed by atoms with Crippen molar-refractivity contribution in [3.05, 3.63) is 0 Å². The summed E-state index contributed by atoms with van der Waals surface area (Å²) in [5.41, 5.74) is 0. The third kappa shape index (κ3) is 39.5. The van der Waals surface area contributed by atoms with Crippen molar-refractivity contribution < 1.29 is 11.0 Å². The molecule has 0 aliphatic carbocycles. The first-order valence-corrected chi connectivity index (χ1v) is 1.91. The van der Waals surface area contributed by atoms with Crippen molar-refractivity contribution in [2.45, 2.75) is 26.7 Å². The molecule has 0 rings (SSSR count). The van der Waals surface area contributed by atoms with Gasteiger partial charge >= 0.3 is 0 Å². The van der Waals surface area contributed by atoms with E-state index in [9.17, 15) is 0 Å². The molecule has 4 N–H and O–H groups in total. The highest BCUT2D eigenvalue weighted by atomic mass is 16.0. The molecule has 0 saturated heterocycles. The lowest BCUT2D eigenvalue weighted by Crippen LogP contribution is -1.47. The van der Waals surface area contributed by atoms with Gasteiger partial charge in [0, 0.05) is 0 Å². The van der Waals surface area contributed by atoms with Crippen LogP contribution in [0.15, 0.2) is 0 Å². The molecular weight excluding hydrogens is 80.0 g/mol. The Labute approximate surface area is 38.8 Å². The molecule has 2 heteroatoms. The Kier molecular flexibility index (Phi) is 57.4. The van der Waals surface area contributed by atoms with Gasteiger partial charge in [-0.25, -0.2) is 0 Å². The van der Waals surface area contributed by atoms with E-state index in [2.05, 4.69) is 13.8 Å². The van der Waals surface area contributed by atoms with Crippen molar-refractivity contribution >= 4 is 0 Å². The lowest BCUT2D eigenvalue weighted by atomic mass is 10.4. The second-order valence-electron chi connectivity index (χ2n) is 1.000. The second kappa shape index (κ2) is 20.5. The monoisotopic (exact) mass is 94.1 g/mol. The molecule has 0 unspecified atom stereocenters. The molecule has 0 aromatic rings. The number of unbranched alkanes of at least 4 members (excludes halogenated alkanes) is 1. The van der Waals surface area contributed by atoms with Gasteiger partial charge in [0.25, 0.3) is 0 Å². The zero-order valence-electron chi connectivity index (χ0n) is 4.41. The summed E-state index contributed by atoms with van der Waals surface area (Å²) in [6.07, 6.45) is 2.64. The van der Waals surface area contributed by atoms with Gasteiger partial charge in [0.05, 0.1) is 0 Å². The fraction of sp³-hybridized carbons (Fsp3) is 1.00. The molecule has 0 aromatic carbocycles. The van der Waals surface area contributed by atoms with Gasteiger partial charge in [-0.2, -0.15) is 0 Å². The maximum absolute atomic E-state index is 2.18. The molecule has 6 heavy (non-hydrogen) atoms. The molecule has 0 heterocycles. The van der Waals surface area contributed by atoms with E-state index in [0.717, 1.165) is 0 Å². The van der Waals surface area contributed by atoms with Gasteiger partial charge in [-0.3, -0.25) is 0 Å². The molecule has 0 spiro atoms. The Morgan fingerprint density at radius 2 is 1.00 bits per heavy atom. The standard InChI is InChI=1S/C4H10.2H2O/c1-3-4-2;;/h3-4H2,1-2H3;2*1H2. The van der Waals surface area contributed by atoms with Crippen molar-refractivity contribution in [1.82, 2.24) is 0 Å². The first kappa shape index (κ1) is 16.8. The van der Waals surface area contributed by atoms with E-state index in [1.54, 1.807) is 0 Å². The molecule has 0 radical (unpaired) electrons. The van der Waals surface area contributed by atoms with Crippen molar-refractivity contribution in [2.75, 3.05) is 0 Å². The summed E-state index contributed by atoms with van der Waals surface area (Å²) in [6.45, 7) is 4.36. The smallest absolute Gasteiger partial charge is 0.0564 e.